The molecule has 3 aromatic carbocycles. The van der Waals surface area contributed by atoms with Gasteiger partial charge in [0.05, 0.1) is 22.8 Å². The average molecular weight is 395 g/mol. The average Bonchev–Trinajstić information content (AvgIpc) is 2.72. The zero-order chi connectivity index (χ0) is 19.8. The van der Waals surface area contributed by atoms with Crippen molar-refractivity contribution in [3.63, 3.8) is 0 Å². The molecule has 0 N–H and O–H groups in total. The van der Waals surface area contributed by atoms with Gasteiger partial charge in [-0.15, -0.1) is 0 Å². The first-order valence-electron chi connectivity index (χ1n) is 8.91. The first kappa shape index (κ1) is 19.6. The summed E-state index contributed by atoms with van der Waals surface area (Å²) in [5, 5.41) is 0.322. The second-order valence-electron chi connectivity index (χ2n) is 6.12. The zero-order valence-electron chi connectivity index (χ0n) is 15.1. The summed E-state index contributed by atoms with van der Waals surface area (Å²) >= 11 is 5.99. The number of carbonyl (C=O) groups excluding carboxylic acids is 2. The summed E-state index contributed by atoms with van der Waals surface area (Å²) in [4.78, 5) is 24.3. The monoisotopic (exact) mass is 394 g/mol. The third-order valence-corrected chi connectivity index (χ3v) is 4.41. The maximum atomic E-state index is 12.1. The molecule has 0 aliphatic heterocycles. The lowest BCUT2D eigenvalue weighted by Gasteiger charge is -2.07. The molecule has 142 valence electrons. The van der Waals surface area contributed by atoms with Crippen molar-refractivity contribution in [1.29, 1.82) is 0 Å². The fraction of sp³-hybridized carbons (Fsp3) is 0.130. The lowest BCUT2D eigenvalue weighted by molar-refractivity contribution is 0.0500. The fourth-order valence-corrected chi connectivity index (χ4v) is 2.83. The molecule has 0 aromatic heterocycles. The van der Waals surface area contributed by atoms with E-state index in [-0.39, 0.29) is 5.56 Å². The van der Waals surface area contributed by atoms with Crippen molar-refractivity contribution in [2.24, 2.45) is 0 Å². The lowest BCUT2D eigenvalue weighted by Crippen LogP contribution is -2.10. The smallest absolute Gasteiger partial charge is 0.345 e. The number of rotatable bonds is 7. The van der Waals surface area contributed by atoms with Crippen molar-refractivity contribution < 1.29 is 19.1 Å². The van der Waals surface area contributed by atoms with Gasteiger partial charge in [-0.05, 0) is 54.8 Å². The Labute approximate surface area is 168 Å². The fourth-order valence-electron chi connectivity index (χ4n) is 2.62. The molecule has 0 saturated heterocycles. The highest BCUT2D eigenvalue weighted by Crippen LogP contribution is 2.19. The first-order chi connectivity index (χ1) is 13.6. The van der Waals surface area contributed by atoms with Gasteiger partial charge in [-0.25, -0.2) is 9.59 Å². The number of hydrogen-bond donors (Lipinski definition) is 0. The van der Waals surface area contributed by atoms with Gasteiger partial charge in [0.15, 0.2) is 0 Å². The van der Waals surface area contributed by atoms with E-state index in [0.29, 0.717) is 22.9 Å². The van der Waals surface area contributed by atoms with Crippen molar-refractivity contribution in [1.82, 2.24) is 0 Å². The van der Waals surface area contributed by atoms with Gasteiger partial charge in [-0.1, -0.05) is 54.1 Å². The van der Waals surface area contributed by atoms with Crippen molar-refractivity contribution in [2.75, 3.05) is 6.61 Å². The van der Waals surface area contributed by atoms with Crippen LogP contribution in [0.4, 0.5) is 0 Å². The van der Waals surface area contributed by atoms with Crippen molar-refractivity contribution in [3.05, 3.63) is 101 Å². The predicted octanol–water partition coefficient (Wildman–Crippen LogP) is 5.35. The molecule has 3 aromatic rings. The van der Waals surface area contributed by atoms with E-state index < -0.39 is 11.9 Å². The summed E-state index contributed by atoms with van der Waals surface area (Å²) in [6.45, 7) is 0.344. The van der Waals surface area contributed by atoms with Gasteiger partial charge in [-0.3, -0.25) is 0 Å². The van der Waals surface area contributed by atoms with Gasteiger partial charge in [0.25, 0.3) is 0 Å². The second kappa shape index (κ2) is 9.72. The molecule has 0 aliphatic carbocycles. The summed E-state index contributed by atoms with van der Waals surface area (Å²) in [5.74, 6) is -0.635. The number of ether oxygens (including phenoxy) is 2. The maximum absolute atomic E-state index is 12.1. The SMILES string of the molecule is O=C(OCCCc1ccccc1)c1ccc(OC(=O)c2ccccc2Cl)cc1. The molecule has 0 aliphatic rings. The normalized spacial score (nSPS) is 10.3. The zero-order valence-corrected chi connectivity index (χ0v) is 15.9. The largest absolute Gasteiger partial charge is 0.462 e. The van der Waals surface area contributed by atoms with Crippen LogP contribution in [0.15, 0.2) is 78.9 Å². The van der Waals surface area contributed by atoms with Crippen LogP contribution in [0.3, 0.4) is 0 Å². The van der Waals surface area contributed by atoms with Crippen LogP contribution in [-0.2, 0) is 11.2 Å². The number of benzene rings is 3. The number of carbonyl (C=O) groups is 2. The van der Waals surface area contributed by atoms with Crippen LogP contribution in [-0.4, -0.2) is 18.5 Å². The molecule has 0 unspecified atom stereocenters. The molecule has 0 bridgehead atoms. The van der Waals surface area contributed by atoms with E-state index in [0.717, 1.165) is 12.8 Å². The summed E-state index contributed by atoms with van der Waals surface area (Å²) in [6.07, 6.45) is 1.61. The molecule has 3 rings (SSSR count). The number of hydrogen-bond acceptors (Lipinski definition) is 4. The van der Waals surface area contributed by atoms with Crippen LogP contribution in [0.1, 0.15) is 32.7 Å². The molecule has 0 heterocycles. The number of halogens is 1. The standard InChI is InChI=1S/C23H19ClO4/c24-21-11-5-4-10-20(21)23(26)28-19-14-12-18(13-15-19)22(25)27-16-6-9-17-7-2-1-3-8-17/h1-5,7-8,10-15H,6,9,16H2. The third-order valence-electron chi connectivity index (χ3n) is 4.08. The van der Waals surface area contributed by atoms with E-state index in [2.05, 4.69) is 0 Å². The highest BCUT2D eigenvalue weighted by molar-refractivity contribution is 6.33. The minimum Gasteiger partial charge on any atom is -0.462 e. The predicted molar refractivity (Wildman–Crippen MR) is 108 cm³/mol. The Morgan fingerprint density at radius 3 is 2.18 bits per heavy atom. The minimum absolute atomic E-state index is 0.283. The van der Waals surface area contributed by atoms with E-state index in [1.807, 2.05) is 30.3 Å². The molecule has 0 amide bonds. The molecular formula is C23H19ClO4. The Balaban J connectivity index is 1.48. The highest BCUT2D eigenvalue weighted by atomic mass is 35.5. The van der Waals surface area contributed by atoms with Crippen LogP contribution >= 0.6 is 11.6 Å². The summed E-state index contributed by atoms with van der Waals surface area (Å²) in [6, 6.07) is 22.9. The summed E-state index contributed by atoms with van der Waals surface area (Å²) in [5.41, 5.74) is 1.89. The maximum Gasteiger partial charge on any atom is 0.345 e. The number of aryl methyl sites for hydroxylation is 1. The molecule has 0 atom stereocenters. The van der Waals surface area contributed by atoms with E-state index in [9.17, 15) is 9.59 Å². The lowest BCUT2D eigenvalue weighted by atomic mass is 10.1. The van der Waals surface area contributed by atoms with Crippen LogP contribution in [0.5, 0.6) is 5.75 Å². The second-order valence-corrected chi connectivity index (χ2v) is 6.53. The van der Waals surface area contributed by atoms with Crippen molar-refractivity contribution in [2.45, 2.75) is 12.8 Å². The minimum atomic E-state index is -0.554. The Morgan fingerprint density at radius 2 is 1.46 bits per heavy atom. The van der Waals surface area contributed by atoms with E-state index in [4.69, 9.17) is 21.1 Å². The molecule has 0 spiro atoms. The van der Waals surface area contributed by atoms with Gasteiger partial charge in [-0.2, -0.15) is 0 Å². The van der Waals surface area contributed by atoms with Crippen LogP contribution in [0, 0.1) is 0 Å². The van der Waals surface area contributed by atoms with Crippen molar-refractivity contribution >= 4 is 23.5 Å². The molecular weight excluding hydrogens is 376 g/mol. The van der Waals surface area contributed by atoms with Gasteiger partial charge in [0.2, 0.25) is 0 Å². The van der Waals surface area contributed by atoms with E-state index in [1.165, 1.54) is 5.56 Å². The highest BCUT2D eigenvalue weighted by Gasteiger charge is 2.13. The Hall–Kier alpha value is -3.11. The van der Waals surface area contributed by atoms with Gasteiger partial charge < -0.3 is 9.47 Å². The van der Waals surface area contributed by atoms with Crippen LogP contribution in [0.25, 0.3) is 0 Å². The quantitative estimate of drug-likeness (QED) is 0.308. The van der Waals surface area contributed by atoms with Crippen LogP contribution < -0.4 is 4.74 Å². The van der Waals surface area contributed by atoms with E-state index >= 15 is 0 Å². The molecule has 28 heavy (non-hydrogen) atoms. The molecule has 0 radical (unpaired) electrons. The first-order valence-corrected chi connectivity index (χ1v) is 9.29. The van der Waals surface area contributed by atoms with E-state index in [1.54, 1.807) is 48.5 Å². The Kier molecular flexibility index (Phi) is 6.82. The molecule has 0 saturated carbocycles. The van der Waals surface area contributed by atoms with Gasteiger partial charge >= 0.3 is 11.9 Å². The third kappa shape index (κ3) is 5.44. The molecule has 0 fully saturated rings. The van der Waals surface area contributed by atoms with Crippen LogP contribution in [0.2, 0.25) is 5.02 Å². The van der Waals surface area contributed by atoms with Gasteiger partial charge in [0, 0.05) is 0 Å². The summed E-state index contributed by atoms with van der Waals surface area (Å²) < 4.78 is 10.6. The number of esters is 2. The molecule has 5 heteroatoms. The Bertz CT molecular complexity index is 936. The topological polar surface area (TPSA) is 52.6 Å². The van der Waals surface area contributed by atoms with Crippen molar-refractivity contribution in [3.8, 4) is 5.75 Å². The Morgan fingerprint density at radius 1 is 0.786 bits per heavy atom. The van der Waals surface area contributed by atoms with Gasteiger partial charge in [0.1, 0.15) is 5.75 Å². The summed E-state index contributed by atoms with van der Waals surface area (Å²) in [7, 11) is 0. The molecule has 4 nitrogen and oxygen atoms in total.